The Labute approximate surface area is 140 Å². The molecule has 0 aliphatic heterocycles. The average Bonchev–Trinajstić information content (AvgIpc) is 2.57. The molecule has 0 atom stereocenters. The van der Waals surface area contributed by atoms with Crippen molar-refractivity contribution in [3.63, 3.8) is 0 Å². The van der Waals surface area contributed by atoms with Crippen molar-refractivity contribution in [1.29, 1.82) is 0 Å². The number of ether oxygens (including phenoxy) is 1. The highest BCUT2D eigenvalue weighted by atomic mass is 16.5. The molecule has 4 nitrogen and oxygen atoms in total. The molecule has 0 fully saturated rings. The fourth-order valence-electron chi connectivity index (χ4n) is 2.51. The van der Waals surface area contributed by atoms with E-state index < -0.39 is 5.97 Å². The largest absolute Gasteiger partial charge is 0.458 e. The topological polar surface area (TPSA) is 78.3 Å². The average molecular weight is 318 g/mol. The summed E-state index contributed by atoms with van der Waals surface area (Å²) in [4.78, 5) is 11.9. The third-order valence-corrected chi connectivity index (χ3v) is 3.60. The molecule has 120 valence electrons. The van der Waals surface area contributed by atoms with Gasteiger partial charge in [-0.1, -0.05) is 36.4 Å². The van der Waals surface area contributed by atoms with Crippen LogP contribution in [0.3, 0.4) is 0 Å². The summed E-state index contributed by atoms with van der Waals surface area (Å²) < 4.78 is 5.21. The molecule has 0 unspecified atom stereocenters. The SMILES string of the molecule is Nc1cc(N)cc(COC(=O)C=Cc2ccc3ccccc3c2)c1. The number of nitrogens with two attached hydrogens (primary N) is 2. The number of esters is 1. The van der Waals surface area contributed by atoms with Crippen molar-refractivity contribution in [1.82, 2.24) is 0 Å². The summed E-state index contributed by atoms with van der Waals surface area (Å²) in [6.07, 6.45) is 3.16. The van der Waals surface area contributed by atoms with Crippen LogP contribution in [0.5, 0.6) is 0 Å². The maximum absolute atomic E-state index is 11.9. The van der Waals surface area contributed by atoms with Crippen molar-refractivity contribution in [3.8, 4) is 0 Å². The van der Waals surface area contributed by atoms with E-state index in [2.05, 4.69) is 0 Å². The van der Waals surface area contributed by atoms with E-state index in [1.54, 1.807) is 24.3 Å². The van der Waals surface area contributed by atoms with Gasteiger partial charge in [-0.25, -0.2) is 4.79 Å². The normalized spacial score (nSPS) is 11.0. The van der Waals surface area contributed by atoms with Crippen LogP contribution >= 0.6 is 0 Å². The molecular formula is C20H18N2O2. The molecule has 4 N–H and O–H groups in total. The number of fused-ring (bicyclic) bond motifs is 1. The second-order valence-electron chi connectivity index (χ2n) is 5.56. The predicted molar refractivity (Wildman–Crippen MR) is 98.0 cm³/mol. The van der Waals surface area contributed by atoms with Crippen LogP contribution in [0.25, 0.3) is 16.8 Å². The van der Waals surface area contributed by atoms with Gasteiger partial charge in [0, 0.05) is 17.5 Å². The number of hydrogen-bond donors (Lipinski definition) is 2. The molecular weight excluding hydrogens is 300 g/mol. The Morgan fingerprint density at radius 3 is 2.38 bits per heavy atom. The lowest BCUT2D eigenvalue weighted by molar-refractivity contribution is -0.138. The minimum absolute atomic E-state index is 0.135. The first kappa shape index (κ1) is 15.6. The number of rotatable bonds is 4. The molecule has 0 bridgehead atoms. The van der Waals surface area contributed by atoms with Crippen LogP contribution < -0.4 is 11.5 Å². The Bertz CT molecular complexity index is 896. The van der Waals surface area contributed by atoms with Gasteiger partial charge in [0.25, 0.3) is 0 Å². The highest BCUT2D eigenvalue weighted by molar-refractivity contribution is 5.89. The van der Waals surface area contributed by atoms with E-state index in [0.29, 0.717) is 11.4 Å². The second-order valence-corrected chi connectivity index (χ2v) is 5.56. The van der Waals surface area contributed by atoms with Crippen LogP contribution in [0.1, 0.15) is 11.1 Å². The Kier molecular flexibility index (Phi) is 4.47. The molecule has 0 amide bonds. The van der Waals surface area contributed by atoms with Gasteiger partial charge in [0.05, 0.1) is 0 Å². The fraction of sp³-hybridized carbons (Fsp3) is 0.0500. The second kappa shape index (κ2) is 6.87. The third kappa shape index (κ3) is 3.93. The monoisotopic (exact) mass is 318 g/mol. The smallest absolute Gasteiger partial charge is 0.331 e. The maximum Gasteiger partial charge on any atom is 0.331 e. The molecule has 0 aromatic heterocycles. The maximum atomic E-state index is 11.9. The Morgan fingerprint density at radius 1 is 0.917 bits per heavy atom. The van der Waals surface area contributed by atoms with E-state index in [4.69, 9.17) is 16.2 Å². The van der Waals surface area contributed by atoms with Gasteiger partial charge >= 0.3 is 5.97 Å². The standard InChI is InChI=1S/C20H18N2O2/c21-18-10-15(11-19(22)12-18)13-24-20(23)8-6-14-5-7-16-3-1-2-4-17(16)9-14/h1-12H,13,21-22H2. The van der Waals surface area contributed by atoms with Gasteiger partial charge in [-0.3, -0.25) is 0 Å². The molecule has 0 spiro atoms. The minimum atomic E-state index is -0.413. The number of carbonyl (C=O) groups is 1. The first-order valence-electron chi connectivity index (χ1n) is 7.59. The van der Waals surface area contributed by atoms with Crippen LogP contribution in [0.15, 0.2) is 66.7 Å². The summed E-state index contributed by atoms with van der Waals surface area (Å²) in [7, 11) is 0. The van der Waals surface area contributed by atoms with Crippen LogP contribution in [-0.2, 0) is 16.1 Å². The Hall–Kier alpha value is -3.27. The molecule has 3 aromatic rings. The zero-order valence-electron chi connectivity index (χ0n) is 13.1. The first-order chi connectivity index (χ1) is 11.6. The number of nitrogen functional groups attached to an aromatic ring is 2. The highest BCUT2D eigenvalue weighted by Crippen LogP contribution is 2.17. The van der Waals surface area contributed by atoms with E-state index in [-0.39, 0.29) is 6.61 Å². The summed E-state index contributed by atoms with van der Waals surface area (Å²) in [5.74, 6) is -0.413. The van der Waals surface area contributed by atoms with Crippen LogP contribution in [0.2, 0.25) is 0 Å². The summed E-state index contributed by atoms with van der Waals surface area (Å²) >= 11 is 0. The van der Waals surface area contributed by atoms with Gasteiger partial charge in [-0.2, -0.15) is 0 Å². The molecule has 0 radical (unpaired) electrons. The molecule has 0 saturated carbocycles. The van der Waals surface area contributed by atoms with E-state index >= 15 is 0 Å². The van der Waals surface area contributed by atoms with Gasteiger partial charge < -0.3 is 16.2 Å². The number of carbonyl (C=O) groups excluding carboxylic acids is 1. The lowest BCUT2D eigenvalue weighted by Crippen LogP contribution is -2.02. The summed E-state index contributed by atoms with van der Waals surface area (Å²) in [6, 6.07) is 19.2. The van der Waals surface area contributed by atoms with Crippen molar-refractivity contribution in [2.24, 2.45) is 0 Å². The molecule has 4 heteroatoms. The van der Waals surface area contributed by atoms with Gasteiger partial charge in [0.1, 0.15) is 6.61 Å². The number of anilines is 2. The van der Waals surface area contributed by atoms with Crippen LogP contribution in [0.4, 0.5) is 11.4 Å². The van der Waals surface area contributed by atoms with Crippen LogP contribution in [0, 0.1) is 0 Å². The van der Waals surface area contributed by atoms with Gasteiger partial charge in [-0.15, -0.1) is 0 Å². The van der Waals surface area contributed by atoms with Crippen molar-refractivity contribution in [3.05, 3.63) is 77.9 Å². The van der Waals surface area contributed by atoms with Crippen molar-refractivity contribution < 1.29 is 9.53 Å². The lowest BCUT2D eigenvalue weighted by atomic mass is 10.1. The highest BCUT2D eigenvalue weighted by Gasteiger charge is 2.01. The molecule has 3 rings (SSSR count). The minimum Gasteiger partial charge on any atom is -0.458 e. The summed E-state index contributed by atoms with van der Waals surface area (Å²) in [6.45, 7) is 0.135. The van der Waals surface area contributed by atoms with Crippen LogP contribution in [-0.4, -0.2) is 5.97 Å². The molecule has 0 aliphatic rings. The van der Waals surface area contributed by atoms with Gasteiger partial charge in [0.15, 0.2) is 0 Å². The van der Waals surface area contributed by atoms with Crippen molar-refractivity contribution >= 4 is 34.2 Å². The summed E-state index contributed by atoms with van der Waals surface area (Å²) in [5, 5.41) is 2.29. The number of hydrogen-bond acceptors (Lipinski definition) is 4. The fourth-order valence-corrected chi connectivity index (χ4v) is 2.51. The first-order valence-corrected chi connectivity index (χ1v) is 7.59. The lowest BCUT2D eigenvalue weighted by Gasteiger charge is -2.05. The third-order valence-electron chi connectivity index (χ3n) is 3.60. The molecule has 24 heavy (non-hydrogen) atoms. The van der Waals surface area contributed by atoms with E-state index in [1.165, 1.54) is 6.08 Å². The molecule has 0 heterocycles. The quantitative estimate of drug-likeness (QED) is 0.436. The van der Waals surface area contributed by atoms with Crippen molar-refractivity contribution in [2.75, 3.05) is 11.5 Å². The zero-order valence-corrected chi connectivity index (χ0v) is 13.1. The molecule has 3 aromatic carbocycles. The molecule has 0 aliphatic carbocycles. The Morgan fingerprint density at radius 2 is 1.62 bits per heavy atom. The summed E-state index contributed by atoms with van der Waals surface area (Å²) in [5.41, 5.74) is 14.2. The van der Waals surface area contributed by atoms with E-state index in [0.717, 1.165) is 21.9 Å². The Balaban J connectivity index is 1.63. The molecule has 0 saturated heterocycles. The van der Waals surface area contributed by atoms with Gasteiger partial charge in [-0.05, 0) is 52.2 Å². The van der Waals surface area contributed by atoms with Crippen molar-refractivity contribution in [2.45, 2.75) is 6.61 Å². The number of benzene rings is 3. The predicted octanol–water partition coefficient (Wildman–Crippen LogP) is 3.76. The zero-order chi connectivity index (χ0) is 16.9. The van der Waals surface area contributed by atoms with E-state index in [9.17, 15) is 4.79 Å². The van der Waals surface area contributed by atoms with Gasteiger partial charge in [0.2, 0.25) is 0 Å². The van der Waals surface area contributed by atoms with E-state index in [1.807, 2.05) is 42.5 Å².